The summed E-state index contributed by atoms with van der Waals surface area (Å²) in [6, 6.07) is 0. The lowest BCUT2D eigenvalue weighted by Crippen LogP contribution is -2.29. The smallest absolute Gasteiger partial charge is 0.462 e. The molecule has 0 radical (unpaired) electrons. The number of nitrogens with two attached hydrogens (primary N) is 1. The molecule has 0 rings (SSSR count). The van der Waals surface area contributed by atoms with Gasteiger partial charge in [0.1, 0.15) is 6.61 Å². The molecule has 9 nitrogen and oxygen atoms in total. The van der Waals surface area contributed by atoms with Crippen LogP contribution in [-0.4, -0.2) is 49.3 Å². The summed E-state index contributed by atoms with van der Waals surface area (Å²) in [5.41, 5.74) is 5.38. The summed E-state index contributed by atoms with van der Waals surface area (Å²) in [6.07, 6.45) is 78.5. The van der Waals surface area contributed by atoms with E-state index in [0.717, 1.165) is 109 Å². The molecule has 0 bridgehead atoms. The molecule has 0 saturated heterocycles. The second-order valence-electron chi connectivity index (χ2n) is 19.1. The van der Waals surface area contributed by atoms with E-state index < -0.39 is 26.5 Å². The molecule has 0 aromatic heterocycles. The predicted octanol–water partition coefficient (Wildman–Crippen LogP) is 18.6. The number of phosphoric ester groups is 1. The fourth-order valence-corrected chi connectivity index (χ4v) is 8.59. The molecular formula is C63H108NO8P. The van der Waals surface area contributed by atoms with Crippen molar-refractivity contribution in [1.29, 1.82) is 0 Å². The van der Waals surface area contributed by atoms with E-state index >= 15 is 0 Å². The van der Waals surface area contributed by atoms with E-state index in [1.165, 1.54) is 103 Å². The van der Waals surface area contributed by atoms with E-state index in [-0.39, 0.29) is 38.6 Å². The molecule has 2 unspecified atom stereocenters. The summed E-state index contributed by atoms with van der Waals surface area (Å²) < 4.78 is 33.0. The fraction of sp³-hybridized carbons (Fsp3) is 0.683. The Bertz CT molecular complexity index is 1560. The molecule has 418 valence electrons. The average Bonchev–Trinajstić information content (AvgIpc) is 3.38. The minimum Gasteiger partial charge on any atom is -0.462 e. The number of allylic oxidation sites excluding steroid dienone is 18. The lowest BCUT2D eigenvalue weighted by atomic mass is 10.0. The zero-order valence-electron chi connectivity index (χ0n) is 46.6. The number of hydrogen-bond acceptors (Lipinski definition) is 8. The van der Waals surface area contributed by atoms with Gasteiger partial charge in [-0.15, -0.1) is 0 Å². The third-order valence-corrected chi connectivity index (χ3v) is 13.1. The minimum atomic E-state index is -4.40. The molecule has 2 atom stereocenters. The normalized spacial score (nSPS) is 13.9. The van der Waals surface area contributed by atoms with E-state index in [1.54, 1.807) is 0 Å². The molecule has 0 fully saturated rings. The van der Waals surface area contributed by atoms with Gasteiger partial charge in [-0.25, -0.2) is 4.57 Å². The largest absolute Gasteiger partial charge is 0.472 e. The molecule has 10 heteroatoms. The van der Waals surface area contributed by atoms with Crippen molar-refractivity contribution in [2.75, 3.05) is 26.4 Å². The van der Waals surface area contributed by atoms with Gasteiger partial charge in [0.15, 0.2) is 6.10 Å². The van der Waals surface area contributed by atoms with Crippen molar-refractivity contribution in [1.82, 2.24) is 0 Å². The Labute approximate surface area is 448 Å². The molecule has 3 N–H and O–H groups in total. The maximum absolute atomic E-state index is 12.7. The van der Waals surface area contributed by atoms with Crippen LogP contribution >= 0.6 is 7.82 Å². The first kappa shape index (κ1) is 69.7. The van der Waals surface area contributed by atoms with Crippen LogP contribution in [0, 0.1) is 0 Å². The molecule has 0 aromatic rings. The van der Waals surface area contributed by atoms with E-state index in [9.17, 15) is 19.0 Å². The number of esters is 2. The van der Waals surface area contributed by atoms with E-state index in [2.05, 4.69) is 123 Å². The molecule has 0 aliphatic carbocycles. The van der Waals surface area contributed by atoms with Crippen LogP contribution in [0.1, 0.15) is 245 Å². The first-order valence-corrected chi connectivity index (χ1v) is 30.9. The minimum absolute atomic E-state index is 0.0478. The molecule has 0 amide bonds. The summed E-state index contributed by atoms with van der Waals surface area (Å²) in [5.74, 6) is -0.838. The molecule has 0 saturated carbocycles. The van der Waals surface area contributed by atoms with Gasteiger partial charge >= 0.3 is 19.8 Å². The van der Waals surface area contributed by atoms with Gasteiger partial charge < -0.3 is 20.1 Å². The highest BCUT2D eigenvalue weighted by atomic mass is 31.2. The topological polar surface area (TPSA) is 134 Å². The molecule has 0 aliphatic heterocycles. The highest BCUT2D eigenvalue weighted by Gasteiger charge is 2.26. The second-order valence-corrected chi connectivity index (χ2v) is 20.6. The van der Waals surface area contributed by atoms with Gasteiger partial charge in [0.25, 0.3) is 0 Å². The quantitative estimate of drug-likeness (QED) is 0.0264. The van der Waals surface area contributed by atoms with Crippen molar-refractivity contribution in [2.45, 2.75) is 251 Å². The summed E-state index contributed by atoms with van der Waals surface area (Å²) in [7, 11) is -4.40. The van der Waals surface area contributed by atoms with E-state index in [0.29, 0.717) is 6.42 Å². The molecule has 0 heterocycles. The van der Waals surface area contributed by atoms with Crippen LogP contribution < -0.4 is 5.73 Å². The van der Waals surface area contributed by atoms with Crippen LogP contribution in [0.2, 0.25) is 0 Å². The van der Waals surface area contributed by atoms with E-state index in [4.69, 9.17) is 24.3 Å². The van der Waals surface area contributed by atoms with Crippen LogP contribution in [0.5, 0.6) is 0 Å². The van der Waals surface area contributed by atoms with Gasteiger partial charge in [-0.05, 0) is 103 Å². The van der Waals surface area contributed by atoms with Gasteiger partial charge in [0, 0.05) is 19.4 Å². The highest BCUT2D eigenvalue weighted by molar-refractivity contribution is 7.47. The fourth-order valence-electron chi connectivity index (χ4n) is 7.82. The number of phosphoric acid groups is 1. The Morgan fingerprint density at radius 3 is 1.12 bits per heavy atom. The lowest BCUT2D eigenvalue weighted by molar-refractivity contribution is -0.161. The zero-order valence-corrected chi connectivity index (χ0v) is 47.5. The van der Waals surface area contributed by atoms with Gasteiger partial charge in [0.05, 0.1) is 13.2 Å². The van der Waals surface area contributed by atoms with E-state index in [1.807, 2.05) is 0 Å². The van der Waals surface area contributed by atoms with Crippen LogP contribution in [-0.2, 0) is 32.7 Å². The molecular weight excluding hydrogens is 930 g/mol. The molecule has 0 aliphatic rings. The Kier molecular flexibility index (Phi) is 55.3. The van der Waals surface area contributed by atoms with Crippen molar-refractivity contribution in [3.63, 3.8) is 0 Å². The Balaban J connectivity index is 3.99. The van der Waals surface area contributed by atoms with Crippen molar-refractivity contribution < 1.29 is 37.6 Å². The number of carbonyl (C=O) groups excluding carboxylic acids is 2. The third kappa shape index (κ3) is 57.8. The van der Waals surface area contributed by atoms with Gasteiger partial charge in [-0.2, -0.15) is 0 Å². The number of carbonyl (C=O) groups is 2. The third-order valence-electron chi connectivity index (χ3n) is 12.1. The number of hydrogen-bond donors (Lipinski definition) is 2. The summed E-state index contributed by atoms with van der Waals surface area (Å²) >= 11 is 0. The SMILES string of the molecule is CC/C=C\C/C=C\C/C=C\C/C=C\C/C=C\C/C=C\C/C=C\CCCCCCCCCCCCCC(=O)OC(COC(=O)CCCCCCCCCCC/C=C\C/C=C\CCCCC)COP(=O)(O)OCCN. The van der Waals surface area contributed by atoms with Gasteiger partial charge in [-0.1, -0.05) is 239 Å². The van der Waals surface area contributed by atoms with Crippen LogP contribution in [0.3, 0.4) is 0 Å². The zero-order chi connectivity index (χ0) is 53.1. The molecule has 0 aromatic carbocycles. The number of unbranched alkanes of at least 4 members (excludes halogenated alkanes) is 23. The average molecular weight is 1040 g/mol. The van der Waals surface area contributed by atoms with Crippen molar-refractivity contribution >= 4 is 19.8 Å². The van der Waals surface area contributed by atoms with Crippen molar-refractivity contribution in [3.8, 4) is 0 Å². The first-order valence-electron chi connectivity index (χ1n) is 29.4. The van der Waals surface area contributed by atoms with Gasteiger partial charge in [-0.3, -0.25) is 18.6 Å². The summed E-state index contributed by atoms with van der Waals surface area (Å²) in [6.45, 7) is 3.60. The molecule has 0 spiro atoms. The monoisotopic (exact) mass is 1040 g/mol. The van der Waals surface area contributed by atoms with Gasteiger partial charge in [0.2, 0.25) is 0 Å². The summed E-state index contributed by atoms with van der Waals surface area (Å²) in [4.78, 5) is 35.2. The second kappa shape index (κ2) is 57.9. The van der Waals surface area contributed by atoms with Crippen LogP contribution in [0.4, 0.5) is 0 Å². The standard InChI is InChI=1S/C63H108NO8P/c1-3-5-7-9-11-13-15-17-19-21-23-24-25-26-27-28-29-30-31-32-33-34-35-36-38-40-42-44-46-48-50-52-54-56-63(66)72-61(60-71-73(67,68)70-58-57-64)59-69-62(65)55-53-51-49-47-45-43-41-39-37-22-20-18-16-14-12-10-8-6-4-2/h5,7,11-14,17-20,23-24,26-27,29-30,32-33,61H,3-4,6,8-10,15-16,21-22,25,28,31,34-60,64H2,1-2H3,(H,67,68)/b7-5-,13-11-,14-12-,19-17-,20-18-,24-23-,27-26-,30-29-,33-32-. The maximum Gasteiger partial charge on any atom is 0.472 e. The maximum atomic E-state index is 12.7. The van der Waals surface area contributed by atoms with Crippen molar-refractivity contribution in [3.05, 3.63) is 109 Å². The highest BCUT2D eigenvalue weighted by Crippen LogP contribution is 2.43. The molecule has 73 heavy (non-hydrogen) atoms. The van der Waals surface area contributed by atoms with Crippen LogP contribution in [0.25, 0.3) is 0 Å². The Morgan fingerprint density at radius 2 is 0.753 bits per heavy atom. The Morgan fingerprint density at radius 1 is 0.425 bits per heavy atom. The Hall–Kier alpha value is -3.33. The predicted molar refractivity (Wildman–Crippen MR) is 311 cm³/mol. The summed E-state index contributed by atoms with van der Waals surface area (Å²) in [5, 5.41) is 0. The van der Waals surface area contributed by atoms with Crippen molar-refractivity contribution in [2.24, 2.45) is 5.73 Å². The first-order chi connectivity index (χ1) is 35.8. The number of ether oxygens (including phenoxy) is 2. The van der Waals surface area contributed by atoms with Crippen LogP contribution in [0.15, 0.2) is 109 Å². The number of rotatable bonds is 54. The lowest BCUT2D eigenvalue weighted by Gasteiger charge is -2.19.